The molecule has 0 aromatic heterocycles. The highest BCUT2D eigenvalue weighted by Gasteiger charge is 2.21. The first-order chi connectivity index (χ1) is 4.30. The van der Waals surface area contributed by atoms with E-state index in [0.717, 1.165) is 25.9 Å². The summed E-state index contributed by atoms with van der Waals surface area (Å²) in [6.07, 6.45) is 1.92. The summed E-state index contributed by atoms with van der Waals surface area (Å²) in [5.41, 5.74) is 0. The van der Waals surface area contributed by atoms with E-state index in [9.17, 15) is 4.79 Å². The Labute approximate surface area is 66.2 Å². The average Bonchev–Trinajstić information content (AvgIpc) is 1.90. The van der Waals surface area contributed by atoms with Crippen molar-refractivity contribution in [2.24, 2.45) is 5.92 Å². The normalized spacial score (nSPS) is 25.0. The lowest BCUT2D eigenvalue weighted by molar-refractivity contribution is -0.666. The summed E-state index contributed by atoms with van der Waals surface area (Å²) < 4.78 is 0. The maximum Gasteiger partial charge on any atom is 0.312 e. The molecule has 0 bridgehead atoms. The Kier molecular flexibility index (Phi) is 4.40. The molecule has 1 saturated heterocycles. The molecule has 0 saturated carbocycles. The summed E-state index contributed by atoms with van der Waals surface area (Å²) in [7, 11) is 0. The predicted molar refractivity (Wildman–Crippen MR) is 32.0 cm³/mol. The minimum Gasteiger partial charge on any atom is -1.00 e. The van der Waals surface area contributed by atoms with E-state index in [1.54, 1.807) is 0 Å². The van der Waals surface area contributed by atoms with Crippen molar-refractivity contribution in [1.29, 1.82) is 0 Å². The highest BCUT2D eigenvalue weighted by Crippen LogP contribution is 2.05. The van der Waals surface area contributed by atoms with Gasteiger partial charge in [0.1, 0.15) is 5.92 Å². The molecule has 0 aliphatic carbocycles. The maximum absolute atomic E-state index is 10.3. The molecule has 60 valence electrons. The van der Waals surface area contributed by atoms with E-state index in [-0.39, 0.29) is 18.3 Å². The monoisotopic (exact) mass is 165 g/mol. The second-order valence-corrected chi connectivity index (χ2v) is 2.49. The lowest BCUT2D eigenvalue weighted by atomic mass is 10.0. The van der Waals surface area contributed by atoms with Crippen LogP contribution in [-0.2, 0) is 4.79 Å². The van der Waals surface area contributed by atoms with Crippen LogP contribution in [0.25, 0.3) is 0 Å². The molecule has 10 heavy (non-hydrogen) atoms. The molecule has 1 rings (SSSR count). The van der Waals surface area contributed by atoms with Gasteiger partial charge in [0.2, 0.25) is 0 Å². The molecule has 3 N–H and O–H groups in total. The Morgan fingerprint density at radius 2 is 2.30 bits per heavy atom. The van der Waals surface area contributed by atoms with Crippen molar-refractivity contribution in [2.75, 3.05) is 13.1 Å². The number of halogens is 1. The Balaban J connectivity index is 0.000000810. The summed E-state index contributed by atoms with van der Waals surface area (Å²) in [6.45, 7) is 1.87. The van der Waals surface area contributed by atoms with E-state index in [2.05, 4.69) is 5.32 Å². The highest BCUT2D eigenvalue weighted by atomic mass is 35.5. The van der Waals surface area contributed by atoms with Crippen LogP contribution >= 0.6 is 0 Å². The molecule has 0 unspecified atom stereocenters. The number of hydrogen-bond acceptors (Lipinski definition) is 1. The summed E-state index contributed by atoms with van der Waals surface area (Å²) in [5.74, 6) is -0.718. The van der Waals surface area contributed by atoms with Crippen LogP contribution in [0.2, 0.25) is 0 Å². The number of carboxylic acid groups (broad SMARTS) is 1. The van der Waals surface area contributed by atoms with Crippen LogP contribution in [0.1, 0.15) is 12.8 Å². The fourth-order valence-electron chi connectivity index (χ4n) is 1.17. The van der Waals surface area contributed by atoms with E-state index in [1.807, 2.05) is 0 Å². The van der Waals surface area contributed by atoms with Gasteiger partial charge in [-0.2, -0.15) is 0 Å². The Bertz CT molecular complexity index is 112. The van der Waals surface area contributed by atoms with Gasteiger partial charge in [-0.3, -0.25) is 4.79 Å². The molecule has 1 aliphatic rings. The van der Waals surface area contributed by atoms with Gasteiger partial charge >= 0.3 is 5.97 Å². The standard InChI is InChI=1S/C6H11NO2.ClH/c8-6(9)5-2-1-3-7-4-5;/h5,7H,1-4H2,(H,8,9);1H/t5-;/m1./s1. The van der Waals surface area contributed by atoms with Gasteiger partial charge in [-0.05, 0) is 12.8 Å². The van der Waals surface area contributed by atoms with Crippen LogP contribution in [-0.4, -0.2) is 24.2 Å². The van der Waals surface area contributed by atoms with Crippen molar-refractivity contribution in [3.63, 3.8) is 0 Å². The molecular weight excluding hydrogens is 154 g/mol. The minimum atomic E-state index is -0.633. The molecule has 3 nitrogen and oxygen atoms in total. The third-order valence-corrected chi connectivity index (χ3v) is 1.76. The number of carbonyl (C=O) groups is 1. The van der Waals surface area contributed by atoms with Crippen molar-refractivity contribution in [2.45, 2.75) is 12.8 Å². The third kappa shape index (κ3) is 2.54. The molecule has 4 heteroatoms. The van der Waals surface area contributed by atoms with E-state index < -0.39 is 5.97 Å². The van der Waals surface area contributed by atoms with E-state index in [1.165, 1.54) is 0 Å². The summed E-state index contributed by atoms with van der Waals surface area (Å²) in [4.78, 5) is 10.3. The fraction of sp³-hybridized carbons (Fsp3) is 0.833. The first-order valence-electron chi connectivity index (χ1n) is 3.35. The van der Waals surface area contributed by atoms with Gasteiger partial charge in [0.25, 0.3) is 0 Å². The van der Waals surface area contributed by atoms with Gasteiger partial charge in [-0.15, -0.1) is 0 Å². The smallest absolute Gasteiger partial charge is 0.312 e. The van der Waals surface area contributed by atoms with Crippen molar-refractivity contribution in [3.8, 4) is 0 Å². The molecule has 1 fully saturated rings. The largest absolute Gasteiger partial charge is 1.00 e. The molecule has 1 aliphatic heterocycles. The zero-order valence-corrected chi connectivity index (χ0v) is 6.47. The SMILES string of the molecule is O=C(O)[C@@H]1CCC[NH2+]C1.[Cl-]. The van der Waals surface area contributed by atoms with Crippen molar-refractivity contribution in [1.82, 2.24) is 0 Å². The predicted octanol–water partition coefficient (Wildman–Crippen LogP) is -3.95. The lowest BCUT2D eigenvalue weighted by Crippen LogP contribution is -3.00. The number of piperidine rings is 1. The van der Waals surface area contributed by atoms with Crippen LogP contribution in [0.5, 0.6) is 0 Å². The van der Waals surface area contributed by atoms with Gasteiger partial charge in [0, 0.05) is 0 Å². The zero-order valence-electron chi connectivity index (χ0n) is 5.72. The van der Waals surface area contributed by atoms with Crippen molar-refractivity contribution in [3.05, 3.63) is 0 Å². The number of quaternary nitrogens is 1. The topological polar surface area (TPSA) is 53.9 Å². The van der Waals surface area contributed by atoms with Crippen LogP contribution in [0.15, 0.2) is 0 Å². The van der Waals surface area contributed by atoms with Crippen LogP contribution < -0.4 is 17.7 Å². The van der Waals surface area contributed by atoms with Gasteiger partial charge in [0.05, 0.1) is 13.1 Å². The van der Waals surface area contributed by atoms with Crippen LogP contribution in [0.4, 0.5) is 0 Å². The summed E-state index contributed by atoms with van der Waals surface area (Å²) in [6, 6.07) is 0. The molecule has 0 aromatic rings. The van der Waals surface area contributed by atoms with Gasteiger partial charge in [-0.1, -0.05) is 0 Å². The summed E-state index contributed by atoms with van der Waals surface area (Å²) >= 11 is 0. The summed E-state index contributed by atoms with van der Waals surface area (Å²) in [5, 5.41) is 10.6. The first kappa shape index (κ1) is 9.72. The number of rotatable bonds is 1. The quantitative estimate of drug-likeness (QED) is 0.417. The van der Waals surface area contributed by atoms with Crippen LogP contribution in [0.3, 0.4) is 0 Å². The lowest BCUT2D eigenvalue weighted by Gasteiger charge is -2.15. The molecule has 0 amide bonds. The highest BCUT2D eigenvalue weighted by molar-refractivity contribution is 5.70. The molecule has 0 spiro atoms. The van der Waals surface area contributed by atoms with Crippen molar-refractivity contribution < 1.29 is 27.6 Å². The Morgan fingerprint density at radius 1 is 1.60 bits per heavy atom. The number of carboxylic acids is 1. The molecule has 0 radical (unpaired) electrons. The minimum absolute atomic E-state index is 0. The number of aliphatic carboxylic acids is 1. The average molecular weight is 166 g/mol. The molecular formula is C6H12ClNO2. The third-order valence-electron chi connectivity index (χ3n) is 1.76. The molecule has 1 heterocycles. The fourth-order valence-corrected chi connectivity index (χ4v) is 1.17. The van der Waals surface area contributed by atoms with Gasteiger partial charge < -0.3 is 22.8 Å². The van der Waals surface area contributed by atoms with E-state index in [4.69, 9.17) is 5.11 Å². The van der Waals surface area contributed by atoms with Crippen LogP contribution in [0, 0.1) is 5.92 Å². The molecule has 1 atom stereocenters. The number of nitrogens with two attached hydrogens (primary N) is 1. The number of hydrogen-bond donors (Lipinski definition) is 2. The van der Waals surface area contributed by atoms with Crippen molar-refractivity contribution >= 4 is 5.97 Å². The Morgan fingerprint density at radius 3 is 2.60 bits per heavy atom. The molecule has 0 aromatic carbocycles. The van der Waals surface area contributed by atoms with Gasteiger partial charge in [0.15, 0.2) is 0 Å². The maximum atomic E-state index is 10.3. The first-order valence-corrected chi connectivity index (χ1v) is 3.35. The van der Waals surface area contributed by atoms with Gasteiger partial charge in [-0.25, -0.2) is 0 Å². The Hall–Kier alpha value is -0.280. The van der Waals surface area contributed by atoms with E-state index in [0.29, 0.717) is 0 Å². The van der Waals surface area contributed by atoms with E-state index >= 15 is 0 Å². The second-order valence-electron chi connectivity index (χ2n) is 2.49. The second kappa shape index (κ2) is 4.52. The zero-order chi connectivity index (χ0) is 6.69.